The van der Waals surface area contributed by atoms with Crippen molar-refractivity contribution in [1.29, 1.82) is 5.26 Å². The maximum atomic E-state index is 13.7. The molecule has 33 heavy (non-hydrogen) atoms. The molecule has 168 valence electrons. The molecule has 2 aromatic carbocycles. The number of fused-ring (bicyclic) bond motifs is 1. The van der Waals surface area contributed by atoms with Crippen molar-refractivity contribution >= 4 is 34.5 Å². The summed E-state index contributed by atoms with van der Waals surface area (Å²) in [5, 5.41) is 20.1. The Morgan fingerprint density at radius 1 is 1.12 bits per heavy atom. The predicted octanol–water partition coefficient (Wildman–Crippen LogP) is 5.31. The number of nitrogens with zero attached hydrogens (tertiary/aromatic N) is 3. The molecule has 0 radical (unpaired) electrons. The van der Waals surface area contributed by atoms with Gasteiger partial charge in [-0.25, -0.2) is 0 Å². The van der Waals surface area contributed by atoms with Gasteiger partial charge in [0.25, 0.3) is 5.91 Å². The molecule has 1 aromatic heterocycles. The molecule has 0 aliphatic heterocycles. The molecule has 1 amide bonds. The Hall–Kier alpha value is -3.85. The first-order valence-corrected chi connectivity index (χ1v) is 11.3. The van der Waals surface area contributed by atoms with E-state index in [0.29, 0.717) is 5.56 Å². The SMILES string of the molecule is Cc1cccc2c(C=C(C#N)C(=O)N(c3ccccc3)C3CCCCC3)cn(CC(=O)O)c12. The van der Waals surface area contributed by atoms with Crippen LogP contribution in [-0.2, 0) is 16.1 Å². The largest absolute Gasteiger partial charge is 0.480 e. The average Bonchev–Trinajstić information content (AvgIpc) is 3.16. The van der Waals surface area contributed by atoms with Gasteiger partial charge in [-0.2, -0.15) is 5.26 Å². The summed E-state index contributed by atoms with van der Waals surface area (Å²) in [4.78, 5) is 26.9. The smallest absolute Gasteiger partial charge is 0.323 e. The monoisotopic (exact) mass is 441 g/mol. The van der Waals surface area contributed by atoms with Crippen LogP contribution in [0.25, 0.3) is 17.0 Å². The highest BCUT2D eigenvalue weighted by Gasteiger charge is 2.29. The van der Waals surface area contributed by atoms with Gasteiger partial charge < -0.3 is 14.6 Å². The summed E-state index contributed by atoms with van der Waals surface area (Å²) >= 11 is 0. The number of hydrogen-bond donors (Lipinski definition) is 1. The van der Waals surface area contributed by atoms with Crippen LogP contribution in [-0.4, -0.2) is 27.6 Å². The number of aryl methyl sites for hydroxylation is 1. The molecule has 0 atom stereocenters. The van der Waals surface area contributed by atoms with E-state index in [4.69, 9.17) is 0 Å². The molecule has 0 saturated heterocycles. The zero-order valence-corrected chi connectivity index (χ0v) is 18.7. The lowest BCUT2D eigenvalue weighted by Gasteiger charge is -2.34. The first-order valence-electron chi connectivity index (χ1n) is 11.3. The van der Waals surface area contributed by atoms with Crippen molar-refractivity contribution in [2.75, 3.05) is 4.90 Å². The fourth-order valence-corrected chi connectivity index (χ4v) is 4.81. The molecule has 0 spiro atoms. The highest BCUT2D eigenvalue weighted by Crippen LogP contribution is 2.30. The van der Waals surface area contributed by atoms with Crippen molar-refractivity contribution < 1.29 is 14.7 Å². The molecule has 1 N–H and O–H groups in total. The first kappa shape index (κ1) is 22.3. The average molecular weight is 442 g/mol. The van der Waals surface area contributed by atoms with Crippen LogP contribution >= 0.6 is 0 Å². The third kappa shape index (κ3) is 4.68. The fourth-order valence-electron chi connectivity index (χ4n) is 4.81. The van der Waals surface area contributed by atoms with Crippen molar-refractivity contribution in [1.82, 2.24) is 4.57 Å². The summed E-state index contributed by atoms with van der Waals surface area (Å²) in [6.45, 7) is 1.73. The number of carbonyl (C=O) groups excluding carboxylic acids is 1. The van der Waals surface area contributed by atoms with Crippen LogP contribution in [0.4, 0.5) is 5.69 Å². The lowest BCUT2D eigenvalue weighted by atomic mass is 9.93. The second-order valence-corrected chi connectivity index (χ2v) is 8.55. The minimum absolute atomic E-state index is 0.0420. The second kappa shape index (κ2) is 9.74. The molecule has 1 aliphatic rings. The van der Waals surface area contributed by atoms with E-state index in [-0.39, 0.29) is 24.1 Å². The summed E-state index contributed by atoms with van der Waals surface area (Å²) in [6, 6.07) is 17.4. The van der Waals surface area contributed by atoms with E-state index in [1.54, 1.807) is 21.7 Å². The number of amides is 1. The standard InChI is InChI=1S/C27H27N3O3/c1-19-9-8-14-24-21(17-29(26(19)24)18-25(31)32)15-20(16-28)27(33)30(22-10-4-2-5-11-22)23-12-6-3-7-13-23/h2,4-5,8-11,14-15,17,23H,3,6-7,12-13,18H2,1H3,(H,31,32). The van der Waals surface area contributed by atoms with E-state index in [0.717, 1.165) is 54.3 Å². The molecular formula is C27H27N3O3. The van der Waals surface area contributed by atoms with Gasteiger partial charge in [-0.15, -0.1) is 0 Å². The number of nitriles is 1. The number of aliphatic carboxylic acids is 1. The number of para-hydroxylation sites is 2. The Balaban J connectivity index is 1.78. The van der Waals surface area contributed by atoms with Crippen molar-refractivity contribution in [2.24, 2.45) is 0 Å². The summed E-state index contributed by atoms with van der Waals surface area (Å²) in [5.41, 5.74) is 3.23. The molecule has 6 nitrogen and oxygen atoms in total. The second-order valence-electron chi connectivity index (χ2n) is 8.55. The van der Waals surface area contributed by atoms with E-state index in [9.17, 15) is 20.0 Å². The zero-order chi connectivity index (χ0) is 23.4. The Morgan fingerprint density at radius 2 is 1.85 bits per heavy atom. The number of carboxylic acid groups (broad SMARTS) is 1. The summed E-state index contributed by atoms with van der Waals surface area (Å²) in [5.74, 6) is -1.27. The Labute approximate surface area is 193 Å². The Kier molecular flexibility index (Phi) is 6.60. The van der Waals surface area contributed by atoms with Gasteiger partial charge in [0.15, 0.2) is 0 Å². The lowest BCUT2D eigenvalue weighted by molar-refractivity contribution is -0.137. The summed E-state index contributed by atoms with van der Waals surface area (Å²) in [7, 11) is 0. The molecule has 1 heterocycles. The summed E-state index contributed by atoms with van der Waals surface area (Å²) < 4.78 is 1.66. The van der Waals surface area contributed by atoms with Crippen LogP contribution in [0.3, 0.4) is 0 Å². The number of anilines is 1. The van der Waals surface area contributed by atoms with E-state index >= 15 is 0 Å². The number of hydrogen-bond acceptors (Lipinski definition) is 3. The molecular weight excluding hydrogens is 414 g/mol. The maximum absolute atomic E-state index is 13.7. The van der Waals surface area contributed by atoms with Gasteiger partial charge in [0.05, 0.1) is 5.52 Å². The lowest BCUT2D eigenvalue weighted by Crippen LogP contribution is -2.42. The van der Waals surface area contributed by atoms with Crippen LogP contribution in [0, 0.1) is 18.3 Å². The summed E-state index contributed by atoms with van der Waals surface area (Å²) in [6.07, 6.45) is 8.43. The molecule has 1 aliphatic carbocycles. The quantitative estimate of drug-likeness (QED) is 0.415. The molecule has 1 saturated carbocycles. The molecule has 1 fully saturated rings. The molecule has 3 aromatic rings. The van der Waals surface area contributed by atoms with Gasteiger partial charge in [0.2, 0.25) is 0 Å². The third-order valence-electron chi connectivity index (χ3n) is 6.28. The highest BCUT2D eigenvalue weighted by molar-refractivity contribution is 6.12. The highest BCUT2D eigenvalue weighted by atomic mass is 16.4. The minimum atomic E-state index is -0.949. The fraction of sp³-hybridized carbons (Fsp3) is 0.296. The third-order valence-corrected chi connectivity index (χ3v) is 6.28. The number of carboxylic acids is 1. The van der Waals surface area contributed by atoms with Crippen molar-refractivity contribution in [3.8, 4) is 6.07 Å². The normalized spacial score (nSPS) is 14.7. The van der Waals surface area contributed by atoms with Crippen LogP contribution < -0.4 is 4.90 Å². The van der Waals surface area contributed by atoms with E-state index < -0.39 is 5.97 Å². The van der Waals surface area contributed by atoms with Gasteiger partial charge in [-0.1, -0.05) is 55.7 Å². The number of carbonyl (C=O) groups is 2. The molecule has 0 unspecified atom stereocenters. The maximum Gasteiger partial charge on any atom is 0.323 e. The Bertz CT molecular complexity index is 1240. The molecule has 4 rings (SSSR count). The topological polar surface area (TPSA) is 86.3 Å². The van der Waals surface area contributed by atoms with Crippen LogP contribution in [0.15, 0.2) is 60.3 Å². The van der Waals surface area contributed by atoms with Crippen LogP contribution in [0.5, 0.6) is 0 Å². The number of aromatic nitrogens is 1. The van der Waals surface area contributed by atoms with E-state index in [1.165, 1.54) is 0 Å². The van der Waals surface area contributed by atoms with Gasteiger partial charge in [0, 0.05) is 28.9 Å². The number of benzene rings is 2. The minimum Gasteiger partial charge on any atom is -0.480 e. The van der Waals surface area contributed by atoms with Gasteiger partial charge in [-0.3, -0.25) is 9.59 Å². The van der Waals surface area contributed by atoms with Gasteiger partial charge >= 0.3 is 5.97 Å². The Morgan fingerprint density at radius 3 is 2.52 bits per heavy atom. The van der Waals surface area contributed by atoms with E-state index in [1.807, 2.05) is 55.5 Å². The van der Waals surface area contributed by atoms with Crippen molar-refractivity contribution in [3.63, 3.8) is 0 Å². The van der Waals surface area contributed by atoms with E-state index in [2.05, 4.69) is 6.07 Å². The zero-order valence-electron chi connectivity index (χ0n) is 18.7. The molecule has 6 heteroatoms. The number of rotatable bonds is 6. The van der Waals surface area contributed by atoms with Crippen LogP contribution in [0.2, 0.25) is 0 Å². The van der Waals surface area contributed by atoms with Crippen LogP contribution in [0.1, 0.15) is 43.2 Å². The van der Waals surface area contributed by atoms with Crippen molar-refractivity contribution in [2.45, 2.75) is 51.6 Å². The first-order chi connectivity index (χ1) is 16.0. The predicted molar refractivity (Wildman–Crippen MR) is 129 cm³/mol. The van der Waals surface area contributed by atoms with Gasteiger partial charge in [0.1, 0.15) is 18.2 Å². The van der Waals surface area contributed by atoms with Gasteiger partial charge in [-0.05, 0) is 43.5 Å². The van der Waals surface area contributed by atoms with Crippen molar-refractivity contribution in [3.05, 3.63) is 71.4 Å². The molecule has 0 bridgehead atoms.